The van der Waals surface area contributed by atoms with Crippen molar-refractivity contribution in [1.29, 1.82) is 0 Å². The summed E-state index contributed by atoms with van der Waals surface area (Å²) in [7, 11) is 5.29. The first-order chi connectivity index (χ1) is 18.2. The number of methoxy groups -OCH3 is 1. The molecule has 0 aromatic heterocycles. The molecule has 1 unspecified atom stereocenters. The van der Waals surface area contributed by atoms with Crippen molar-refractivity contribution in [3.05, 3.63) is 87.9 Å². The van der Waals surface area contributed by atoms with Gasteiger partial charge in [0, 0.05) is 31.5 Å². The van der Waals surface area contributed by atoms with Crippen LogP contribution < -0.4 is 19.3 Å². The maximum atomic E-state index is 13.6. The number of amides is 1. The standard InChI is InChI=1S/C30H31ClN2O5/c1-6-14-38-22-9-7-8-21(17-22)33-26(19-10-12-20(13-11-19)32(3)4)25(28(35)30(33)36)27(34)23-15-18(2)16-24(31)29(23)37-5/h7-13,15-17,26,34H,6,14H2,1-5H3/b27-25+. The highest BCUT2D eigenvalue weighted by atomic mass is 35.5. The second-order valence-electron chi connectivity index (χ2n) is 9.33. The number of ketones is 1. The molecule has 0 bridgehead atoms. The molecule has 0 radical (unpaired) electrons. The first-order valence-corrected chi connectivity index (χ1v) is 12.7. The van der Waals surface area contributed by atoms with Gasteiger partial charge in [-0.05, 0) is 60.9 Å². The number of anilines is 2. The molecule has 1 aliphatic heterocycles. The van der Waals surface area contributed by atoms with Crippen molar-refractivity contribution in [3.63, 3.8) is 0 Å². The number of benzene rings is 3. The van der Waals surface area contributed by atoms with Crippen LogP contribution in [-0.4, -0.2) is 44.6 Å². The molecule has 1 aliphatic rings. The minimum absolute atomic E-state index is 0.0487. The first kappa shape index (κ1) is 27.1. The molecule has 1 amide bonds. The lowest BCUT2D eigenvalue weighted by Crippen LogP contribution is -2.29. The lowest BCUT2D eigenvalue weighted by Gasteiger charge is -2.26. The molecule has 1 N–H and O–H groups in total. The van der Waals surface area contributed by atoms with Crippen LogP contribution in [0, 0.1) is 6.92 Å². The summed E-state index contributed by atoms with van der Waals surface area (Å²) in [5, 5.41) is 11.9. The van der Waals surface area contributed by atoms with Gasteiger partial charge in [-0.1, -0.05) is 36.7 Å². The van der Waals surface area contributed by atoms with Crippen molar-refractivity contribution in [2.45, 2.75) is 26.3 Å². The average molecular weight is 535 g/mol. The molecule has 1 atom stereocenters. The second-order valence-corrected chi connectivity index (χ2v) is 9.74. The number of hydrogen-bond acceptors (Lipinski definition) is 6. The monoisotopic (exact) mass is 534 g/mol. The highest BCUT2D eigenvalue weighted by Gasteiger charge is 2.47. The van der Waals surface area contributed by atoms with E-state index >= 15 is 0 Å². The predicted octanol–water partition coefficient (Wildman–Crippen LogP) is 6.14. The zero-order chi connectivity index (χ0) is 27.6. The van der Waals surface area contributed by atoms with Crippen LogP contribution >= 0.6 is 11.6 Å². The van der Waals surface area contributed by atoms with Crippen molar-refractivity contribution >= 4 is 40.4 Å². The van der Waals surface area contributed by atoms with Gasteiger partial charge in [0.1, 0.15) is 17.3 Å². The predicted molar refractivity (Wildman–Crippen MR) is 151 cm³/mol. The van der Waals surface area contributed by atoms with E-state index in [0.717, 1.165) is 17.7 Å². The quantitative estimate of drug-likeness (QED) is 0.212. The van der Waals surface area contributed by atoms with Gasteiger partial charge in [-0.15, -0.1) is 0 Å². The van der Waals surface area contributed by atoms with Crippen LogP contribution in [0.4, 0.5) is 11.4 Å². The summed E-state index contributed by atoms with van der Waals surface area (Å²) in [5.41, 5.74) is 3.05. The second kappa shape index (κ2) is 11.2. The first-order valence-electron chi connectivity index (χ1n) is 12.3. The Balaban J connectivity index is 1.95. The van der Waals surface area contributed by atoms with Gasteiger partial charge in [0.2, 0.25) is 0 Å². The lowest BCUT2D eigenvalue weighted by atomic mass is 9.94. The highest BCUT2D eigenvalue weighted by molar-refractivity contribution is 6.51. The third kappa shape index (κ3) is 5.07. The number of rotatable bonds is 8. The fourth-order valence-corrected chi connectivity index (χ4v) is 4.92. The maximum Gasteiger partial charge on any atom is 0.300 e. The minimum Gasteiger partial charge on any atom is -0.507 e. The van der Waals surface area contributed by atoms with Crippen LogP contribution in [-0.2, 0) is 9.59 Å². The van der Waals surface area contributed by atoms with E-state index in [1.165, 1.54) is 12.0 Å². The molecule has 3 aromatic carbocycles. The molecule has 8 heteroatoms. The molecule has 1 saturated heterocycles. The molecule has 1 fully saturated rings. The summed E-state index contributed by atoms with van der Waals surface area (Å²) in [5.74, 6) is -1.10. The normalized spacial score (nSPS) is 16.6. The molecular weight excluding hydrogens is 504 g/mol. The van der Waals surface area contributed by atoms with Gasteiger partial charge < -0.3 is 19.5 Å². The summed E-state index contributed by atoms with van der Waals surface area (Å²) >= 11 is 6.40. The number of carbonyl (C=O) groups excluding carboxylic acids is 2. The van der Waals surface area contributed by atoms with Gasteiger partial charge in [0.25, 0.3) is 11.7 Å². The van der Waals surface area contributed by atoms with E-state index in [4.69, 9.17) is 21.1 Å². The van der Waals surface area contributed by atoms with E-state index < -0.39 is 17.7 Å². The Labute approximate surface area is 227 Å². The molecule has 198 valence electrons. The Hall–Kier alpha value is -3.97. The molecule has 0 saturated carbocycles. The maximum absolute atomic E-state index is 13.6. The molecule has 0 aliphatic carbocycles. The molecular formula is C30H31ClN2O5. The Morgan fingerprint density at radius 3 is 2.42 bits per heavy atom. The number of nitrogens with zero attached hydrogens (tertiary/aromatic N) is 2. The molecule has 38 heavy (non-hydrogen) atoms. The summed E-state index contributed by atoms with van der Waals surface area (Å²) in [6.45, 7) is 4.34. The SMILES string of the molecule is CCCOc1cccc(N2C(=O)C(=O)/C(=C(/O)c3cc(C)cc(Cl)c3OC)C2c2ccc(N(C)C)cc2)c1. The zero-order valence-electron chi connectivity index (χ0n) is 22.1. The van der Waals surface area contributed by atoms with Crippen LogP contribution in [0.1, 0.15) is 36.1 Å². The largest absolute Gasteiger partial charge is 0.507 e. The number of hydrogen-bond donors (Lipinski definition) is 1. The molecule has 3 aromatic rings. The van der Waals surface area contributed by atoms with Crippen molar-refractivity contribution in [2.24, 2.45) is 0 Å². The van der Waals surface area contributed by atoms with E-state index in [2.05, 4.69) is 0 Å². The van der Waals surface area contributed by atoms with Crippen molar-refractivity contribution < 1.29 is 24.2 Å². The smallest absolute Gasteiger partial charge is 0.300 e. The van der Waals surface area contributed by atoms with Crippen molar-refractivity contribution in [3.8, 4) is 11.5 Å². The number of aryl methyl sites for hydroxylation is 1. The Bertz CT molecular complexity index is 1400. The summed E-state index contributed by atoms with van der Waals surface area (Å²) in [6.07, 6.45) is 0.827. The van der Waals surface area contributed by atoms with E-state index in [-0.39, 0.29) is 27.7 Å². The Morgan fingerprint density at radius 1 is 1.08 bits per heavy atom. The lowest BCUT2D eigenvalue weighted by molar-refractivity contribution is -0.132. The number of aliphatic hydroxyl groups excluding tert-OH is 1. The van der Waals surface area contributed by atoms with Crippen LogP contribution in [0.3, 0.4) is 0 Å². The number of carbonyl (C=O) groups is 2. The van der Waals surface area contributed by atoms with Gasteiger partial charge in [0.15, 0.2) is 0 Å². The summed E-state index contributed by atoms with van der Waals surface area (Å²) in [4.78, 5) is 30.5. The van der Waals surface area contributed by atoms with E-state index in [9.17, 15) is 14.7 Å². The average Bonchev–Trinajstić information content (AvgIpc) is 3.17. The van der Waals surface area contributed by atoms with Gasteiger partial charge in [-0.2, -0.15) is 0 Å². The van der Waals surface area contributed by atoms with Crippen LogP contribution in [0.5, 0.6) is 11.5 Å². The molecule has 1 heterocycles. The van der Waals surface area contributed by atoms with Gasteiger partial charge in [0.05, 0.1) is 35.9 Å². The van der Waals surface area contributed by atoms with E-state index in [1.54, 1.807) is 36.4 Å². The van der Waals surface area contributed by atoms with Crippen LogP contribution in [0.15, 0.2) is 66.2 Å². The molecule has 4 rings (SSSR count). The number of halogens is 1. The van der Waals surface area contributed by atoms with Crippen molar-refractivity contribution in [2.75, 3.05) is 37.6 Å². The number of Topliss-reactive ketones (excluding diaryl/α,β-unsaturated/α-hetero) is 1. The zero-order valence-corrected chi connectivity index (χ0v) is 22.9. The third-order valence-electron chi connectivity index (χ3n) is 6.39. The van der Waals surface area contributed by atoms with Crippen molar-refractivity contribution in [1.82, 2.24) is 0 Å². The van der Waals surface area contributed by atoms with Crippen LogP contribution in [0.25, 0.3) is 5.76 Å². The number of aliphatic hydroxyl groups is 1. The fourth-order valence-electron chi connectivity index (χ4n) is 4.57. The van der Waals surface area contributed by atoms with E-state index in [1.807, 2.05) is 57.1 Å². The van der Waals surface area contributed by atoms with Crippen LogP contribution in [0.2, 0.25) is 5.02 Å². The Morgan fingerprint density at radius 2 is 1.79 bits per heavy atom. The summed E-state index contributed by atoms with van der Waals surface area (Å²) < 4.78 is 11.2. The molecule has 7 nitrogen and oxygen atoms in total. The third-order valence-corrected chi connectivity index (χ3v) is 6.67. The van der Waals surface area contributed by atoms with Gasteiger partial charge in [-0.3, -0.25) is 14.5 Å². The highest BCUT2D eigenvalue weighted by Crippen LogP contribution is 2.45. The fraction of sp³-hybridized carbons (Fsp3) is 0.267. The molecule has 0 spiro atoms. The van der Waals surface area contributed by atoms with Gasteiger partial charge in [-0.25, -0.2) is 0 Å². The van der Waals surface area contributed by atoms with Gasteiger partial charge >= 0.3 is 0 Å². The topological polar surface area (TPSA) is 79.3 Å². The van der Waals surface area contributed by atoms with E-state index in [0.29, 0.717) is 23.6 Å². The Kier molecular flexibility index (Phi) is 7.97. The number of ether oxygens (including phenoxy) is 2. The summed E-state index contributed by atoms with van der Waals surface area (Å²) in [6, 6.07) is 17.0. The minimum atomic E-state index is -0.892.